The molecule has 2 rings (SSSR count). The molecule has 0 fully saturated rings. The summed E-state index contributed by atoms with van der Waals surface area (Å²) in [6, 6.07) is 7.43. The molecule has 2 aromatic rings. The van der Waals surface area contributed by atoms with Crippen LogP contribution < -0.4 is 0 Å². The van der Waals surface area contributed by atoms with Gasteiger partial charge in [-0.3, -0.25) is 0 Å². The second-order valence-corrected chi connectivity index (χ2v) is 4.16. The normalized spacial score (nSPS) is 9.23. The molecule has 0 saturated carbocycles. The number of rotatable bonds is 1. The lowest BCUT2D eigenvalue weighted by Gasteiger charge is -1.79. The van der Waals surface area contributed by atoms with E-state index in [1.165, 1.54) is 0 Å². The predicted octanol–water partition coefficient (Wildman–Crippen LogP) is 3.16. The van der Waals surface area contributed by atoms with Crippen molar-refractivity contribution in [1.82, 2.24) is 0 Å². The van der Waals surface area contributed by atoms with E-state index in [0.717, 1.165) is 0 Å². The SMILES string of the molecule is O=C(O)c1ccc[pH]1.c1ccsc1. The molecular weight excluding hydrogens is 203 g/mol. The lowest BCUT2D eigenvalue weighted by atomic mass is 10.5. The fourth-order valence-electron chi connectivity index (χ4n) is 0.690. The number of carboxylic acids is 1. The highest BCUT2D eigenvalue weighted by Gasteiger charge is 1.97. The lowest BCUT2D eigenvalue weighted by molar-refractivity contribution is 0.0702. The Morgan fingerprint density at radius 3 is 2.23 bits per heavy atom. The summed E-state index contributed by atoms with van der Waals surface area (Å²) in [5, 5.41) is 12.9. The minimum absolute atomic E-state index is 0.361. The lowest BCUT2D eigenvalue weighted by Crippen LogP contribution is -1.88. The number of aromatic carboxylic acids is 1. The van der Waals surface area contributed by atoms with E-state index in [9.17, 15) is 4.79 Å². The van der Waals surface area contributed by atoms with E-state index in [4.69, 9.17) is 5.11 Å². The van der Waals surface area contributed by atoms with Crippen molar-refractivity contribution >= 4 is 25.5 Å². The summed E-state index contributed by atoms with van der Waals surface area (Å²) in [7, 11) is 0.361. The molecule has 0 saturated heterocycles. The highest BCUT2D eigenvalue weighted by Crippen LogP contribution is 2.13. The summed E-state index contributed by atoms with van der Waals surface area (Å²) in [5.74, 6) is 1.05. The van der Waals surface area contributed by atoms with E-state index in [2.05, 4.69) is 0 Å². The second-order valence-electron chi connectivity index (χ2n) is 2.18. The van der Waals surface area contributed by atoms with Gasteiger partial charge in [-0.25, -0.2) is 4.79 Å². The number of thiophene rings is 1. The molecule has 0 spiro atoms. The Balaban J connectivity index is 0.000000145. The molecule has 1 N–H and O–H groups in total. The van der Waals surface area contributed by atoms with Gasteiger partial charge >= 0.3 is 5.97 Å². The van der Waals surface area contributed by atoms with Crippen molar-refractivity contribution < 1.29 is 9.90 Å². The molecule has 1 atom stereocenters. The smallest absolute Gasteiger partial charge is 0.339 e. The van der Waals surface area contributed by atoms with Crippen molar-refractivity contribution in [1.29, 1.82) is 0 Å². The largest absolute Gasteiger partial charge is 0.477 e. The van der Waals surface area contributed by atoms with E-state index in [0.29, 0.717) is 13.5 Å². The van der Waals surface area contributed by atoms with Gasteiger partial charge in [0, 0.05) is 0 Å². The number of hydrogen-bond donors (Lipinski definition) is 1. The van der Waals surface area contributed by atoms with Crippen LogP contribution in [0.4, 0.5) is 0 Å². The van der Waals surface area contributed by atoms with Crippen LogP contribution in [0.5, 0.6) is 0 Å². The van der Waals surface area contributed by atoms with Crippen LogP contribution in [0.3, 0.4) is 0 Å². The Labute approximate surface area is 81.9 Å². The molecular formula is C9H9O2PS. The fourth-order valence-corrected chi connectivity index (χ4v) is 1.83. The molecule has 0 aliphatic heterocycles. The third-order valence-electron chi connectivity index (χ3n) is 1.25. The Morgan fingerprint density at radius 2 is 2.00 bits per heavy atom. The number of hydrogen-bond acceptors (Lipinski definition) is 2. The van der Waals surface area contributed by atoms with Crippen molar-refractivity contribution in [2.24, 2.45) is 0 Å². The van der Waals surface area contributed by atoms with Crippen molar-refractivity contribution in [2.45, 2.75) is 0 Å². The van der Waals surface area contributed by atoms with E-state index in [1.807, 2.05) is 28.7 Å². The monoisotopic (exact) mass is 212 g/mol. The zero-order chi connectivity index (χ0) is 9.52. The van der Waals surface area contributed by atoms with Gasteiger partial charge in [-0.05, 0) is 22.6 Å². The Hall–Kier alpha value is -1.05. The van der Waals surface area contributed by atoms with E-state index >= 15 is 0 Å². The first kappa shape index (κ1) is 10.0. The highest BCUT2D eigenvalue weighted by molar-refractivity contribution is 7.31. The van der Waals surface area contributed by atoms with Crippen LogP contribution in [0.2, 0.25) is 0 Å². The van der Waals surface area contributed by atoms with Crippen molar-refractivity contribution in [3.8, 4) is 0 Å². The molecule has 2 nitrogen and oxygen atoms in total. The summed E-state index contributed by atoms with van der Waals surface area (Å²) >= 11 is 1.71. The fraction of sp³-hybridized carbons (Fsp3) is 0. The maximum Gasteiger partial charge on any atom is 0.339 e. The molecule has 4 heteroatoms. The molecule has 0 amide bonds. The Bertz CT molecular complexity index is 309. The van der Waals surface area contributed by atoms with Gasteiger partial charge in [0.1, 0.15) is 0 Å². The van der Waals surface area contributed by atoms with Crippen LogP contribution in [-0.2, 0) is 0 Å². The van der Waals surface area contributed by atoms with Crippen LogP contribution in [0.15, 0.2) is 40.8 Å². The molecule has 68 valence electrons. The third kappa shape index (κ3) is 3.92. The van der Waals surface area contributed by atoms with Gasteiger partial charge in [0.15, 0.2) is 0 Å². The summed E-state index contributed by atoms with van der Waals surface area (Å²) in [6.45, 7) is 0. The number of carbonyl (C=O) groups is 1. The van der Waals surface area contributed by atoms with Crippen molar-refractivity contribution in [3.63, 3.8) is 0 Å². The van der Waals surface area contributed by atoms with Gasteiger partial charge in [-0.2, -0.15) is 11.3 Å². The zero-order valence-corrected chi connectivity index (χ0v) is 8.62. The van der Waals surface area contributed by atoms with Crippen LogP contribution in [0, 0.1) is 0 Å². The van der Waals surface area contributed by atoms with Gasteiger partial charge in [0.25, 0.3) is 0 Å². The van der Waals surface area contributed by atoms with Crippen LogP contribution >= 0.6 is 19.5 Å². The van der Waals surface area contributed by atoms with E-state index < -0.39 is 5.97 Å². The van der Waals surface area contributed by atoms with Crippen molar-refractivity contribution in [2.75, 3.05) is 0 Å². The molecule has 2 heterocycles. The molecule has 2 aromatic heterocycles. The minimum atomic E-state index is -0.798. The van der Waals surface area contributed by atoms with Gasteiger partial charge in [-0.1, -0.05) is 18.2 Å². The number of carboxylic acid groups (broad SMARTS) is 1. The molecule has 1 unspecified atom stereocenters. The first-order chi connectivity index (χ1) is 6.30. The first-order valence-electron chi connectivity index (χ1n) is 3.64. The molecule has 13 heavy (non-hydrogen) atoms. The zero-order valence-electron chi connectivity index (χ0n) is 6.81. The van der Waals surface area contributed by atoms with E-state index in [1.54, 1.807) is 23.5 Å². The van der Waals surface area contributed by atoms with E-state index in [-0.39, 0.29) is 0 Å². The Kier molecular flexibility index (Phi) is 4.30. The maximum absolute atomic E-state index is 10.1. The van der Waals surface area contributed by atoms with Crippen LogP contribution in [0.1, 0.15) is 10.1 Å². The first-order valence-corrected chi connectivity index (χ1v) is 5.66. The highest BCUT2D eigenvalue weighted by atomic mass is 32.1. The molecule has 0 bridgehead atoms. The molecule has 0 aliphatic carbocycles. The van der Waals surface area contributed by atoms with Gasteiger partial charge in [0.05, 0.1) is 5.30 Å². The third-order valence-corrected chi connectivity index (χ3v) is 2.93. The average Bonchev–Trinajstić information content (AvgIpc) is 2.82. The summed E-state index contributed by atoms with van der Waals surface area (Å²) < 4.78 is 0. The summed E-state index contributed by atoms with van der Waals surface area (Å²) in [6.07, 6.45) is 0. The van der Waals surface area contributed by atoms with Gasteiger partial charge < -0.3 is 5.11 Å². The minimum Gasteiger partial charge on any atom is -0.477 e. The molecule has 0 aromatic carbocycles. The van der Waals surface area contributed by atoms with Gasteiger partial charge in [0.2, 0.25) is 0 Å². The average molecular weight is 212 g/mol. The topological polar surface area (TPSA) is 37.3 Å². The quantitative estimate of drug-likeness (QED) is 0.788. The van der Waals surface area contributed by atoms with Crippen LogP contribution in [-0.4, -0.2) is 11.1 Å². The van der Waals surface area contributed by atoms with Crippen LogP contribution in [0.25, 0.3) is 0 Å². The van der Waals surface area contributed by atoms with Gasteiger partial charge in [-0.15, -0.1) is 8.19 Å². The molecule has 0 aliphatic rings. The summed E-state index contributed by atoms with van der Waals surface area (Å²) in [4.78, 5) is 10.1. The molecule has 0 radical (unpaired) electrons. The predicted molar refractivity (Wildman–Crippen MR) is 57.2 cm³/mol. The Morgan fingerprint density at radius 1 is 1.31 bits per heavy atom. The standard InChI is InChI=1S/C5H5O2P.C4H4S/c6-5(7)4-2-1-3-8-4;1-2-4-5-3-1/h1-3,8H,(H,6,7);1-4H. The second kappa shape index (κ2) is 5.57. The maximum atomic E-state index is 10.1. The summed E-state index contributed by atoms with van der Waals surface area (Å²) in [5.41, 5.74) is 0. The van der Waals surface area contributed by atoms with Crippen molar-refractivity contribution in [3.05, 3.63) is 46.1 Å².